The van der Waals surface area contributed by atoms with E-state index >= 15 is 0 Å². The van der Waals surface area contributed by atoms with Crippen LogP contribution < -0.4 is 5.32 Å². The third-order valence-electron chi connectivity index (χ3n) is 1.56. The SMILES string of the molecule is O=C(O)C1N=Cc2ccsc2N1. The minimum Gasteiger partial charge on any atom is -0.478 e. The summed E-state index contributed by atoms with van der Waals surface area (Å²) >= 11 is 1.48. The van der Waals surface area contributed by atoms with E-state index in [1.54, 1.807) is 6.21 Å². The highest BCUT2D eigenvalue weighted by Gasteiger charge is 2.20. The van der Waals surface area contributed by atoms with E-state index in [9.17, 15) is 4.79 Å². The van der Waals surface area contributed by atoms with Crippen LogP contribution in [0.4, 0.5) is 5.00 Å². The molecule has 0 bridgehead atoms. The van der Waals surface area contributed by atoms with Crippen LogP contribution in [0.25, 0.3) is 0 Å². The van der Waals surface area contributed by atoms with Gasteiger partial charge in [-0.15, -0.1) is 11.3 Å². The highest BCUT2D eigenvalue weighted by atomic mass is 32.1. The van der Waals surface area contributed by atoms with E-state index in [4.69, 9.17) is 5.11 Å². The molecule has 0 radical (unpaired) electrons. The van der Waals surface area contributed by atoms with Gasteiger partial charge in [-0.3, -0.25) is 4.99 Å². The first-order valence-corrected chi connectivity index (χ1v) is 4.25. The quantitative estimate of drug-likeness (QED) is 0.681. The summed E-state index contributed by atoms with van der Waals surface area (Å²) in [5.74, 6) is -0.953. The molecule has 5 heteroatoms. The molecule has 0 aromatic carbocycles. The lowest BCUT2D eigenvalue weighted by atomic mass is 10.3. The van der Waals surface area contributed by atoms with Crippen molar-refractivity contribution in [1.29, 1.82) is 0 Å². The fourth-order valence-electron chi connectivity index (χ4n) is 0.980. The van der Waals surface area contributed by atoms with Crippen molar-refractivity contribution in [3.63, 3.8) is 0 Å². The van der Waals surface area contributed by atoms with Gasteiger partial charge >= 0.3 is 5.97 Å². The van der Waals surface area contributed by atoms with Crippen LogP contribution in [0.15, 0.2) is 16.4 Å². The summed E-state index contributed by atoms with van der Waals surface area (Å²) in [6.07, 6.45) is 0.761. The summed E-state index contributed by atoms with van der Waals surface area (Å²) in [6.45, 7) is 0. The molecule has 1 aromatic rings. The van der Waals surface area contributed by atoms with Crippen LogP contribution in [0.1, 0.15) is 5.56 Å². The van der Waals surface area contributed by atoms with Crippen molar-refractivity contribution >= 4 is 28.5 Å². The average molecular weight is 182 g/mol. The van der Waals surface area contributed by atoms with Gasteiger partial charge in [-0.25, -0.2) is 4.79 Å². The number of rotatable bonds is 1. The molecule has 2 N–H and O–H groups in total. The molecule has 0 fully saturated rings. The molecule has 0 saturated carbocycles. The van der Waals surface area contributed by atoms with Crippen molar-refractivity contribution in [2.45, 2.75) is 6.17 Å². The van der Waals surface area contributed by atoms with E-state index in [0.717, 1.165) is 10.6 Å². The van der Waals surface area contributed by atoms with Crippen LogP contribution in [0.3, 0.4) is 0 Å². The van der Waals surface area contributed by atoms with E-state index in [0.29, 0.717) is 0 Å². The maximum Gasteiger partial charge on any atom is 0.349 e. The Morgan fingerprint density at radius 2 is 2.58 bits per heavy atom. The van der Waals surface area contributed by atoms with Gasteiger partial charge < -0.3 is 10.4 Å². The van der Waals surface area contributed by atoms with Crippen molar-refractivity contribution in [3.8, 4) is 0 Å². The Morgan fingerprint density at radius 3 is 3.33 bits per heavy atom. The molecule has 1 aliphatic heterocycles. The van der Waals surface area contributed by atoms with Crippen LogP contribution >= 0.6 is 11.3 Å². The molecule has 4 nitrogen and oxygen atoms in total. The highest BCUT2D eigenvalue weighted by Crippen LogP contribution is 2.25. The summed E-state index contributed by atoms with van der Waals surface area (Å²) in [4.78, 5) is 14.3. The standard InChI is InChI=1S/C7H6N2O2S/c10-7(11)5-8-3-4-1-2-12-6(4)9-5/h1-3,5,9H,(H,10,11). The second-order valence-electron chi connectivity index (χ2n) is 2.37. The summed E-state index contributed by atoms with van der Waals surface area (Å²) in [7, 11) is 0. The number of nitrogens with one attached hydrogen (secondary N) is 1. The summed E-state index contributed by atoms with van der Waals surface area (Å²) in [6, 6.07) is 1.90. The molecule has 0 aliphatic carbocycles. The van der Waals surface area contributed by atoms with E-state index in [1.165, 1.54) is 11.3 Å². The number of carboxylic acids is 1. The molecule has 0 spiro atoms. The van der Waals surface area contributed by atoms with Gasteiger partial charge in [0.25, 0.3) is 0 Å². The van der Waals surface area contributed by atoms with Crippen molar-refractivity contribution < 1.29 is 9.90 Å². The van der Waals surface area contributed by atoms with Crippen LogP contribution in [0.2, 0.25) is 0 Å². The third-order valence-corrected chi connectivity index (χ3v) is 2.42. The fourth-order valence-corrected chi connectivity index (χ4v) is 1.77. The zero-order valence-corrected chi connectivity index (χ0v) is 6.84. The first-order valence-electron chi connectivity index (χ1n) is 3.37. The van der Waals surface area contributed by atoms with Gasteiger partial charge in [-0.05, 0) is 11.4 Å². The first-order chi connectivity index (χ1) is 5.77. The maximum atomic E-state index is 10.5. The van der Waals surface area contributed by atoms with E-state index in [-0.39, 0.29) is 0 Å². The van der Waals surface area contributed by atoms with Crippen LogP contribution in [-0.4, -0.2) is 23.5 Å². The number of hydrogen-bond donors (Lipinski definition) is 2. The number of aliphatic imine (C=N–C) groups is 1. The van der Waals surface area contributed by atoms with Gasteiger partial charge in [0, 0.05) is 11.8 Å². The number of thiophene rings is 1. The van der Waals surface area contributed by atoms with Crippen molar-refractivity contribution in [2.75, 3.05) is 5.32 Å². The van der Waals surface area contributed by atoms with Gasteiger partial charge in [-0.1, -0.05) is 0 Å². The molecular weight excluding hydrogens is 176 g/mol. The van der Waals surface area contributed by atoms with Crippen molar-refractivity contribution in [3.05, 3.63) is 17.0 Å². The van der Waals surface area contributed by atoms with Gasteiger partial charge in [0.2, 0.25) is 6.17 Å². The minimum atomic E-state index is -0.953. The molecule has 62 valence electrons. The number of carboxylic acid groups (broad SMARTS) is 1. The Morgan fingerprint density at radius 1 is 1.75 bits per heavy atom. The van der Waals surface area contributed by atoms with E-state index in [1.807, 2.05) is 11.4 Å². The number of nitrogens with zero attached hydrogens (tertiary/aromatic N) is 1. The second kappa shape index (κ2) is 2.60. The summed E-state index contributed by atoms with van der Waals surface area (Å²) in [5, 5.41) is 14.2. The Balaban J connectivity index is 2.30. The third kappa shape index (κ3) is 1.08. The smallest absolute Gasteiger partial charge is 0.349 e. The number of carbonyl (C=O) groups is 1. The monoisotopic (exact) mass is 182 g/mol. The maximum absolute atomic E-state index is 10.5. The zero-order chi connectivity index (χ0) is 8.55. The number of aliphatic carboxylic acids is 1. The molecule has 1 aromatic heterocycles. The number of anilines is 1. The van der Waals surface area contributed by atoms with E-state index in [2.05, 4.69) is 10.3 Å². The topological polar surface area (TPSA) is 61.7 Å². The molecule has 0 saturated heterocycles. The second-order valence-corrected chi connectivity index (χ2v) is 3.28. The normalized spacial score (nSPS) is 19.8. The zero-order valence-electron chi connectivity index (χ0n) is 6.02. The average Bonchev–Trinajstić information content (AvgIpc) is 2.49. The molecule has 1 atom stereocenters. The van der Waals surface area contributed by atoms with E-state index < -0.39 is 12.1 Å². The largest absolute Gasteiger partial charge is 0.478 e. The van der Waals surface area contributed by atoms with Crippen LogP contribution in [0.5, 0.6) is 0 Å². The highest BCUT2D eigenvalue weighted by molar-refractivity contribution is 7.14. The molecule has 2 heterocycles. The van der Waals surface area contributed by atoms with Crippen LogP contribution in [0, 0.1) is 0 Å². The lowest BCUT2D eigenvalue weighted by Gasteiger charge is -2.14. The van der Waals surface area contributed by atoms with Gasteiger partial charge in [0.05, 0.1) is 5.00 Å². The minimum absolute atomic E-state index is 0.823. The molecule has 0 amide bonds. The predicted octanol–water partition coefficient (Wildman–Crippen LogP) is 1.00. The summed E-state index contributed by atoms with van der Waals surface area (Å²) in [5.41, 5.74) is 0.956. The van der Waals surface area contributed by atoms with Gasteiger partial charge in [0.15, 0.2) is 0 Å². The Bertz CT molecular complexity index is 345. The number of hydrogen-bond acceptors (Lipinski definition) is 4. The first kappa shape index (κ1) is 7.30. The lowest BCUT2D eigenvalue weighted by Crippen LogP contribution is -2.29. The molecule has 12 heavy (non-hydrogen) atoms. The molecule has 2 rings (SSSR count). The summed E-state index contributed by atoms with van der Waals surface area (Å²) < 4.78 is 0. The fraction of sp³-hybridized carbons (Fsp3) is 0.143. The van der Waals surface area contributed by atoms with Gasteiger partial charge in [-0.2, -0.15) is 0 Å². The Kier molecular flexibility index (Phi) is 1.58. The van der Waals surface area contributed by atoms with Crippen molar-refractivity contribution in [1.82, 2.24) is 0 Å². The molecule has 1 unspecified atom stereocenters. The molecule has 1 aliphatic rings. The number of fused-ring (bicyclic) bond motifs is 1. The van der Waals surface area contributed by atoms with Crippen LogP contribution in [-0.2, 0) is 4.79 Å². The lowest BCUT2D eigenvalue weighted by molar-refractivity contribution is -0.137. The predicted molar refractivity (Wildman–Crippen MR) is 47.0 cm³/mol. The Hall–Kier alpha value is -1.36. The van der Waals surface area contributed by atoms with Gasteiger partial charge in [0.1, 0.15) is 0 Å². The van der Waals surface area contributed by atoms with Crippen molar-refractivity contribution in [2.24, 2.45) is 4.99 Å². The molecular formula is C7H6N2O2S. The Labute approximate surface area is 72.6 Å².